The highest BCUT2D eigenvalue weighted by Gasteiger charge is 2.16. The number of rotatable bonds is 49. The quantitative estimate of drug-likeness (QED) is 0.0375. The summed E-state index contributed by atoms with van der Waals surface area (Å²) in [5.74, 6) is -0.576. The lowest BCUT2D eigenvalue weighted by molar-refractivity contribution is -0.161. The predicted octanol–water partition coefficient (Wildman–Crippen LogP) is 17.5. The molecule has 60 heavy (non-hydrogen) atoms. The molecular weight excluding hydrogens is 741 g/mol. The van der Waals surface area contributed by atoms with Crippen molar-refractivity contribution < 1.29 is 24.2 Å². The molecule has 352 valence electrons. The van der Waals surface area contributed by atoms with Crippen LogP contribution in [0.5, 0.6) is 0 Å². The van der Waals surface area contributed by atoms with E-state index in [4.69, 9.17) is 9.47 Å². The fourth-order valence-electron chi connectivity index (χ4n) is 7.92. The van der Waals surface area contributed by atoms with Crippen molar-refractivity contribution >= 4 is 11.9 Å². The molecule has 0 radical (unpaired) electrons. The van der Waals surface area contributed by atoms with Gasteiger partial charge in [-0.05, 0) is 51.4 Å². The summed E-state index contributed by atoms with van der Waals surface area (Å²) in [7, 11) is 0. The molecule has 0 bridgehead atoms. The van der Waals surface area contributed by atoms with E-state index < -0.39 is 6.10 Å². The molecule has 0 aromatic heterocycles. The number of unbranched alkanes of at least 4 members (excludes halogenated alkanes) is 35. The largest absolute Gasteiger partial charge is 0.462 e. The van der Waals surface area contributed by atoms with Gasteiger partial charge in [0.1, 0.15) is 6.61 Å². The van der Waals surface area contributed by atoms with E-state index in [0.29, 0.717) is 12.8 Å². The van der Waals surface area contributed by atoms with Gasteiger partial charge in [0.05, 0.1) is 6.61 Å². The monoisotopic (exact) mass is 843 g/mol. The highest BCUT2D eigenvalue weighted by Crippen LogP contribution is 2.16. The van der Waals surface area contributed by atoms with E-state index in [9.17, 15) is 14.7 Å². The SMILES string of the molecule is CCCCCCC/C=C\C/C=C\C/C=C\CCCCCCCCCCCCCCCCCCC(=O)OC(CO)COC(=O)CCCCCCCCCCCCCCCCC. The molecule has 0 aromatic carbocycles. The summed E-state index contributed by atoms with van der Waals surface area (Å²) in [6, 6.07) is 0. The topological polar surface area (TPSA) is 72.8 Å². The number of esters is 2. The average Bonchev–Trinajstić information content (AvgIpc) is 3.25. The van der Waals surface area contributed by atoms with Crippen molar-refractivity contribution in [3.05, 3.63) is 36.5 Å². The Morgan fingerprint density at radius 1 is 0.383 bits per heavy atom. The molecule has 0 heterocycles. The Morgan fingerprint density at radius 3 is 1.00 bits per heavy atom. The fourth-order valence-corrected chi connectivity index (χ4v) is 7.92. The van der Waals surface area contributed by atoms with E-state index in [2.05, 4.69) is 50.3 Å². The predicted molar refractivity (Wildman–Crippen MR) is 261 cm³/mol. The highest BCUT2D eigenvalue weighted by molar-refractivity contribution is 5.70. The minimum absolute atomic E-state index is 0.0605. The maximum absolute atomic E-state index is 12.3. The van der Waals surface area contributed by atoms with E-state index >= 15 is 0 Å². The van der Waals surface area contributed by atoms with E-state index in [0.717, 1.165) is 44.9 Å². The summed E-state index contributed by atoms with van der Waals surface area (Å²) < 4.78 is 10.7. The van der Waals surface area contributed by atoms with Crippen molar-refractivity contribution in [2.45, 2.75) is 290 Å². The minimum atomic E-state index is -0.768. The Morgan fingerprint density at radius 2 is 0.667 bits per heavy atom. The molecule has 0 fully saturated rings. The van der Waals surface area contributed by atoms with Gasteiger partial charge in [0.2, 0.25) is 0 Å². The average molecular weight is 843 g/mol. The third-order valence-electron chi connectivity index (χ3n) is 11.9. The van der Waals surface area contributed by atoms with Crippen LogP contribution in [0.25, 0.3) is 0 Å². The lowest BCUT2D eigenvalue weighted by Crippen LogP contribution is -2.28. The first-order valence-corrected chi connectivity index (χ1v) is 26.5. The number of ether oxygens (including phenoxy) is 2. The first-order chi connectivity index (χ1) is 29.6. The number of hydrogen-bond acceptors (Lipinski definition) is 5. The van der Waals surface area contributed by atoms with Gasteiger partial charge in [0.15, 0.2) is 6.10 Å². The summed E-state index contributed by atoms with van der Waals surface area (Å²) in [6.07, 6.45) is 65.4. The Labute approximate surface area is 374 Å². The van der Waals surface area contributed by atoms with Gasteiger partial charge >= 0.3 is 11.9 Å². The van der Waals surface area contributed by atoms with Crippen molar-refractivity contribution in [3.63, 3.8) is 0 Å². The molecule has 0 amide bonds. The first-order valence-electron chi connectivity index (χ1n) is 26.5. The van der Waals surface area contributed by atoms with Crippen LogP contribution in [0.2, 0.25) is 0 Å². The number of aliphatic hydroxyl groups is 1. The van der Waals surface area contributed by atoms with Crippen molar-refractivity contribution in [2.24, 2.45) is 0 Å². The second-order valence-electron chi connectivity index (χ2n) is 18.0. The number of carbonyl (C=O) groups is 2. The summed E-state index contributed by atoms with van der Waals surface area (Å²) in [4.78, 5) is 24.4. The molecule has 0 saturated carbocycles. The Kier molecular flexibility index (Phi) is 49.9. The molecule has 0 aliphatic rings. The van der Waals surface area contributed by atoms with Gasteiger partial charge in [0, 0.05) is 12.8 Å². The van der Waals surface area contributed by atoms with Gasteiger partial charge in [-0.2, -0.15) is 0 Å². The summed E-state index contributed by atoms with van der Waals surface area (Å²) in [5, 5.41) is 9.62. The molecule has 0 rings (SSSR count). The number of hydrogen-bond donors (Lipinski definition) is 1. The second kappa shape index (κ2) is 51.5. The third-order valence-corrected chi connectivity index (χ3v) is 11.9. The van der Waals surface area contributed by atoms with E-state index in [1.54, 1.807) is 0 Å². The van der Waals surface area contributed by atoms with Gasteiger partial charge in [-0.15, -0.1) is 0 Å². The van der Waals surface area contributed by atoms with E-state index in [1.807, 2.05) is 0 Å². The Hall–Kier alpha value is -1.88. The van der Waals surface area contributed by atoms with Crippen LogP contribution < -0.4 is 0 Å². The Bertz CT molecular complexity index is 955. The molecule has 0 spiro atoms. The lowest BCUT2D eigenvalue weighted by Gasteiger charge is -2.15. The standard InChI is InChI=1S/C55H102O5/c1-3-5-7-9-11-13-15-17-19-20-21-22-23-24-25-26-27-28-29-30-31-32-33-34-36-38-40-42-44-46-48-50-55(58)60-53(51-56)52-59-54(57)49-47-45-43-41-39-37-35-18-16-14-12-10-8-6-4-2/h15,17,20-21,23-24,53,56H,3-14,16,18-19,22,25-52H2,1-2H3/b17-15-,21-20-,24-23-. The molecule has 5 heteroatoms. The smallest absolute Gasteiger partial charge is 0.306 e. The molecule has 5 nitrogen and oxygen atoms in total. The van der Waals surface area contributed by atoms with Crippen LogP contribution in [0.15, 0.2) is 36.5 Å². The third kappa shape index (κ3) is 48.8. The van der Waals surface area contributed by atoms with Gasteiger partial charge < -0.3 is 14.6 Å². The molecule has 0 aromatic rings. The van der Waals surface area contributed by atoms with Crippen LogP contribution in [-0.2, 0) is 19.1 Å². The minimum Gasteiger partial charge on any atom is -0.462 e. The van der Waals surface area contributed by atoms with E-state index in [1.165, 1.54) is 212 Å². The molecule has 1 atom stereocenters. The summed E-state index contributed by atoms with van der Waals surface area (Å²) in [5.41, 5.74) is 0. The molecule has 1 unspecified atom stereocenters. The molecule has 0 aliphatic carbocycles. The number of carbonyl (C=O) groups excluding carboxylic acids is 2. The van der Waals surface area contributed by atoms with Crippen LogP contribution >= 0.6 is 0 Å². The first kappa shape index (κ1) is 58.1. The van der Waals surface area contributed by atoms with Crippen LogP contribution in [0.4, 0.5) is 0 Å². The second-order valence-corrected chi connectivity index (χ2v) is 18.0. The van der Waals surface area contributed by atoms with Gasteiger partial charge in [0.25, 0.3) is 0 Å². The van der Waals surface area contributed by atoms with E-state index in [-0.39, 0.29) is 25.2 Å². The molecular formula is C55H102O5. The lowest BCUT2D eigenvalue weighted by atomic mass is 10.0. The highest BCUT2D eigenvalue weighted by atomic mass is 16.6. The molecule has 0 saturated heterocycles. The maximum atomic E-state index is 12.3. The van der Waals surface area contributed by atoms with Crippen LogP contribution in [0.1, 0.15) is 284 Å². The normalized spacial score (nSPS) is 12.4. The van der Waals surface area contributed by atoms with Crippen LogP contribution in [0, 0.1) is 0 Å². The van der Waals surface area contributed by atoms with Crippen molar-refractivity contribution in [3.8, 4) is 0 Å². The fraction of sp³-hybridized carbons (Fsp3) is 0.855. The zero-order valence-electron chi connectivity index (χ0n) is 40.2. The summed E-state index contributed by atoms with van der Waals surface area (Å²) in [6.45, 7) is 4.16. The maximum Gasteiger partial charge on any atom is 0.306 e. The van der Waals surface area contributed by atoms with Crippen LogP contribution in [-0.4, -0.2) is 36.4 Å². The van der Waals surface area contributed by atoms with Crippen molar-refractivity contribution in [2.75, 3.05) is 13.2 Å². The summed E-state index contributed by atoms with van der Waals surface area (Å²) >= 11 is 0. The van der Waals surface area contributed by atoms with Gasteiger partial charge in [-0.25, -0.2) is 0 Å². The van der Waals surface area contributed by atoms with Crippen molar-refractivity contribution in [1.82, 2.24) is 0 Å². The Balaban J connectivity index is 3.44. The molecule has 0 aliphatic heterocycles. The molecule has 1 N–H and O–H groups in total. The zero-order chi connectivity index (χ0) is 43.5. The van der Waals surface area contributed by atoms with Crippen molar-refractivity contribution in [1.29, 1.82) is 0 Å². The van der Waals surface area contributed by atoms with Crippen LogP contribution in [0.3, 0.4) is 0 Å². The number of allylic oxidation sites excluding steroid dienone is 6. The zero-order valence-corrected chi connectivity index (χ0v) is 40.2. The van der Waals surface area contributed by atoms with Gasteiger partial charge in [-0.3, -0.25) is 9.59 Å². The van der Waals surface area contributed by atoms with Gasteiger partial charge in [-0.1, -0.05) is 256 Å². The number of aliphatic hydroxyl groups excluding tert-OH is 1.